The lowest BCUT2D eigenvalue weighted by Gasteiger charge is -2.38. The third-order valence-electron chi connectivity index (χ3n) is 4.98. The first-order chi connectivity index (χ1) is 9.67. The van der Waals surface area contributed by atoms with Crippen LogP contribution in [-0.4, -0.2) is 31.6 Å². The van der Waals surface area contributed by atoms with Gasteiger partial charge >= 0.3 is 0 Å². The summed E-state index contributed by atoms with van der Waals surface area (Å²) in [6.45, 7) is 5.82. The Morgan fingerprint density at radius 3 is 2.75 bits per heavy atom. The van der Waals surface area contributed by atoms with E-state index >= 15 is 0 Å². The maximum atomic E-state index is 5.45. The second kappa shape index (κ2) is 6.62. The summed E-state index contributed by atoms with van der Waals surface area (Å²) in [5.41, 5.74) is 1.79. The predicted molar refractivity (Wildman–Crippen MR) is 85.5 cm³/mol. The molecule has 0 bridgehead atoms. The summed E-state index contributed by atoms with van der Waals surface area (Å²) in [5, 5.41) is 0. The van der Waals surface area contributed by atoms with Crippen molar-refractivity contribution in [1.82, 2.24) is 4.90 Å². The maximum Gasteiger partial charge on any atom is 0.119 e. The van der Waals surface area contributed by atoms with Gasteiger partial charge in [-0.05, 0) is 50.6 Å². The number of hydrogen-bond acceptors (Lipinski definition) is 2. The predicted octanol–water partition coefficient (Wildman–Crippen LogP) is 4.24. The molecule has 0 spiro atoms. The van der Waals surface area contributed by atoms with Crippen LogP contribution in [0.5, 0.6) is 5.75 Å². The van der Waals surface area contributed by atoms with E-state index in [0.29, 0.717) is 11.5 Å². The molecule has 2 rings (SSSR count). The van der Waals surface area contributed by atoms with Gasteiger partial charge in [-0.25, -0.2) is 0 Å². The van der Waals surface area contributed by atoms with E-state index in [9.17, 15) is 0 Å². The van der Waals surface area contributed by atoms with Crippen LogP contribution in [0, 0.1) is 0 Å². The first-order valence-corrected chi connectivity index (χ1v) is 8.02. The molecule has 1 heterocycles. The zero-order chi connectivity index (χ0) is 14.6. The molecule has 1 aromatic carbocycles. The van der Waals surface area contributed by atoms with Crippen molar-refractivity contribution in [1.29, 1.82) is 0 Å². The minimum Gasteiger partial charge on any atom is -0.497 e. The normalized spacial score (nSPS) is 26.9. The van der Waals surface area contributed by atoms with Crippen molar-refractivity contribution >= 4 is 0 Å². The molecule has 112 valence electrons. The number of nitrogens with zero attached hydrogens (tertiary/aromatic N) is 1. The number of likely N-dealkylation sites (N-methyl/N-ethyl adjacent to an activating group) is 1. The maximum absolute atomic E-state index is 5.45. The van der Waals surface area contributed by atoms with Crippen molar-refractivity contribution < 1.29 is 4.74 Å². The van der Waals surface area contributed by atoms with Crippen LogP contribution in [-0.2, 0) is 5.41 Å². The molecule has 0 radical (unpaired) electrons. The third-order valence-corrected chi connectivity index (χ3v) is 4.98. The molecule has 1 saturated heterocycles. The zero-order valence-electron chi connectivity index (χ0n) is 13.5. The van der Waals surface area contributed by atoms with Crippen LogP contribution in [0.2, 0.25) is 0 Å². The molecule has 0 N–H and O–H groups in total. The number of ether oxygens (including phenoxy) is 1. The van der Waals surface area contributed by atoms with Crippen LogP contribution in [0.3, 0.4) is 0 Å². The van der Waals surface area contributed by atoms with Crippen LogP contribution in [0.1, 0.15) is 51.5 Å². The van der Waals surface area contributed by atoms with E-state index in [1.807, 2.05) is 0 Å². The van der Waals surface area contributed by atoms with Gasteiger partial charge in [0.25, 0.3) is 0 Å². The van der Waals surface area contributed by atoms with Gasteiger partial charge < -0.3 is 9.64 Å². The largest absolute Gasteiger partial charge is 0.497 e. The van der Waals surface area contributed by atoms with Gasteiger partial charge in [0.15, 0.2) is 0 Å². The molecule has 1 aromatic rings. The average molecular weight is 275 g/mol. The van der Waals surface area contributed by atoms with E-state index in [1.54, 1.807) is 7.11 Å². The van der Waals surface area contributed by atoms with Crippen molar-refractivity contribution in [2.75, 3.05) is 20.7 Å². The molecule has 1 aliphatic rings. The highest BCUT2D eigenvalue weighted by Crippen LogP contribution is 2.45. The smallest absolute Gasteiger partial charge is 0.119 e. The molecule has 2 atom stereocenters. The van der Waals surface area contributed by atoms with Crippen molar-refractivity contribution in [3.05, 3.63) is 29.8 Å². The fourth-order valence-corrected chi connectivity index (χ4v) is 4.04. The van der Waals surface area contributed by atoms with E-state index in [4.69, 9.17) is 4.74 Å². The molecular formula is C18H29NO. The highest BCUT2D eigenvalue weighted by atomic mass is 16.5. The molecule has 0 aromatic heterocycles. The molecule has 2 nitrogen and oxygen atoms in total. The van der Waals surface area contributed by atoms with Crippen LogP contribution < -0.4 is 4.74 Å². The Hall–Kier alpha value is -1.02. The molecule has 2 heteroatoms. The van der Waals surface area contributed by atoms with Crippen molar-refractivity contribution in [3.8, 4) is 5.75 Å². The summed E-state index contributed by atoms with van der Waals surface area (Å²) in [5.74, 6) is 0.989. The van der Waals surface area contributed by atoms with Gasteiger partial charge in [-0.15, -0.1) is 0 Å². The Balaban J connectivity index is 2.42. The van der Waals surface area contributed by atoms with Gasteiger partial charge in [-0.3, -0.25) is 0 Å². The second-order valence-corrected chi connectivity index (χ2v) is 6.17. The van der Waals surface area contributed by atoms with Crippen LogP contribution in [0.15, 0.2) is 24.3 Å². The van der Waals surface area contributed by atoms with Gasteiger partial charge in [-0.2, -0.15) is 0 Å². The minimum absolute atomic E-state index is 0.314. The molecule has 0 saturated carbocycles. The summed E-state index contributed by atoms with van der Waals surface area (Å²) in [6.07, 6.45) is 6.33. The van der Waals surface area contributed by atoms with Crippen LogP contribution >= 0.6 is 0 Å². The van der Waals surface area contributed by atoms with Gasteiger partial charge in [-0.1, -0.05) is 38.8 Å². The summed E-state index contributed by atoms with van der Waals surface area (Å²) >= 11 is 0. The molecular weight excluding hydrogens is 246 g/mol. The van der Waals surface area contributed by atoms with E-state index in [2.05, 4.69) is 50.1 Å². The summed E-state index contributed by atoms with van der Waals surface area (Å²) < 4.78 is 5.45. The van der Waals surface area contributed by atoms with Crippen LogP contribution in [0.4, 0.5) is 0 Å². The van der Waals surface area contributed by atoms with E-state index in [1.165, 1.54) is 44.2 Å². The monoisotopic (exact) mass is 275 g/mol. The molecule has 0 amide bonds. The Morgan fingerprint density at radius 2 is 2.10 bits per heavy atom. The highest BCUT2D eigenvalue weighted by molar-refractivity contribution is 5.36. The Labute approximate surface area is 124 Å². The fraction of sp³-hybridized carbons (Fsp3) is 0.667. The number of rotatable bonds is 6. The second-order valence-electron chi connectivity index (χ2n) is 6.17. The molecule has 20 heavy (non-hydrogen) atoms. The van der Waals surface area contributed by atoms with E-state index in [0.717, 1.165) is 5.75 Å². The van der Waals surface area contributed by atoms with Crippen molar-refractivity contribution in [2.24, 2.45) is 0 Å². The molecule has 2 unspecified atom stereocenters. The quantitative estimate of drug-likeness (QED) is 0.770. The third kappa shape index (κ3) is 2.71. The van der Waals surface area contributed by atoms with Gasteiger partial charge in [0.1, 0.15) is 5.75 Å². The fourth-order valence-electron chi connectivity index (χ4n) is 4.04. The molecule has 0 aliphatic carbocycles. The van der Waals surface area contributed by atoms with Crippen molar-refractivity contribution in [2.45, 2.75) is 57.4 Å². The Kier molecular flexibility index (Phi) is 5.09. The lowest BCUT2D eigenvalue weighted by Crippen LogP contribution is -2.41. The van der Waals surface area contributed by atoms with E-state index in [-0.39, 0.29) is 0 Å². The van der Waals surface area contributed by atoms with Gasteiger partial charge in [0.05, 0.1) is 7.11 Å². The standard InChI is InChI=1S/C18H29NO/c1-5-8-17-18(11-6-2,12-13-19(17)3)15-9-7-10-16(14-15)20-4/h7,9-10,14,17H,5-6,8,11-13H2,1-4H3. The average Bonchev–Trinajstić information content (AvgIpc) is 2.79. The SMILES string of the molecule is CCCC1N(C)CCC1(CCC)c1cccc(OC)c1. The summed E-state index contributed by atoms with van der Waals surface area (Å²) in [6, 6.07) is 9.43. The molecule has 1 aliphatic heterocycles. The highest BCUT2D eigenvalue weighted by Gasteiger charge is 2.45. The van der Waals surface area contributed by atoms with Crippen molar-refractivity contribution in [3.63, 3.8) is 0 Å². The number of benzene rings is 1. The first-order valence-electron chi connectivity index (χ1n) is 8.02. The zero-order valence-corrected chi connectivity index (χ0v) is 13.5. The van der Waals surface area contributed by atoms with Crippen LogP contribution in [0.25, 0.3) is 0 Å². The minimum atomic E-state index is 0.314. The summed E-state index contributed by atoms with van der Waals surface area (Å²) in [7, 11) is 4.05. The Bertz CT molecular complexity index is 427. The lowest BCUT2D eigenvalue weighted by molar-refractivity contribution is 0.216. The lowest BCUT2D eigenvalue weighted by atomic mass is 9.70. The van der Waals surface area contributed by atoms with E-state index < -0.39 is 0 Å². The topological polar surface area (TPSA) is 12.5 Å². The number of methoxy groups -OCH3 is 1. The first kappa shape index (κ1) is 15.4. The number of likely N-dealkylation sites (tertiary alicyclic amines) is 1. The van der Waals surface area contributed by atoms with Gasteiger partial charge in [0, 0.05) is 11.5 Å². The molecule has 1 fully saturated rings. The Morgan fingerprint density at radius 1 is 1.30 bits per heavy atom. The summed E-state index contributed by atoms with van der Waals surface area (Å²) in [4.78, 5) is 2.57. The number of hydrogen-bond donors (Lipinski definition) is 0. The van der Waals surface area contributed by atoms with Gasteiger partial charge in [0.2, 0.25) is 0 Å².